The molecule has 0 heterocycles. The first-order valence-corrected chi connectivity index (χ1v) is 8.11. The number of aliphatic hydroxyl groups excluding tert-OH is 1. The Labute approximate surface area is 139 Å². The maximum atomic E-state index is 12.2. The van der Waals surface area contributed by atoms with Crippen LogP contribution < -0.4 is 0 Å². The maximum absolute atomic E-state index is 12.2. The van der Waals surface area contributed by atoms with Gasteiger partial charge in [0.2, 0.25) is 0 Å². The third-order valence-electron chi connectivity index (χ3n) is 3.64. The fraction of sp³-hybridized carbons (Fsp3) is 0.450. The molecule has 0 radical (unpaired) electrons. The van der Waals surface area contributed by atoms with Crippen LogP contribution >= 0.6 is 0 Å². The summed E-state index contributed by atoms with van der Waals surface area (Å²) < 4.78 is 5.60. The number of benzene rings is 1. The third kappa shape index (κ3) is 7.29. The quantitative estimate of drug-likeness (QED) is 0.566. The molecule has 1 aromatic carbocycles. The van der Waals surface area contributed by atoms with E-state index in [0.29, 0.717) is 5.56 Å². The molecular weight excluding hydrogens is 288 g/mol. The van der Waals surface area contributed by atoms with Crippen molar-refractivity contribution in [2.75, 3.05) is 6.61 Å². The van der Waals surface area contributed by atoms with Gasteiger partial charge < -0.3 is 9.84 Å². The van der Waals surface area contributed by atoms with Gasteiger partial charge in [0.05, 0.1) is 5.56 Å². The van der Waals surface area contributed by atoms with Gasteiger partial charge in [-0.1, -0.05) is 42.3 Å². The van der Waals surface area contributed by atoms with Crippen molar-refractivity contribution < 1.29 is 14.6 Å². The zero-order valence-corrected chi connectivity index (χ0v) is 14.6. The third-order valence-corrected chi connectivity index (χ3v) is 3.64. The van der Waals surface area contributed by atoms with Crippen LogP contribution in [0.4, 0.5) is 0 Å². The van der Waals surface area contributed by atoms with E-state index in [1.165, 1.54) is 5.57 Å². The zero-order valence-electron chi connectivity index (χ0n) is 14.6. The van der Waals surface area contributed by atoms with Gasteiger partial charge in [-0.2, -0.15) is 0 Å². The molecule has 23 heavy (non-hydrogen) atoms. The fourth-order valence-electron chi connectivity index (χ4n) is 2.14. The average molecular weight is 316 g/mol. The predicted molar refractivity (Wildman–Crippen MR) is 94.3 cm³/mol. The Morgan fingerprint density at radius 2 is 1.87 bits per heavy atom. The van der Waals surface area contributed by atoms with Crippen LogP contribution in [-0.4, -0.2) is 23.8 Å². The highest BCUT2D eigenvalue weighted by Crippen LogP contribution is 2.16. The van der Waals surface area contributed by atoms with Crippen LogP contribution in [0.3, 0.4) is 0 Å². The van der Waals surface area contributed by atoms with Crippen LogP contribution in [0, 0.1) is 5.92 Å². The summed E-state index contributed by atoms with van der Waals surface area (Å²) in [4.78, 5) is 12.2. The molecule has 3 nitrogen and oxygen atoms in total. The molecule has 126 valence electrons. The Morgan fingerprint density at radius 3 is 2.43 bits per heavy atom. The van der Waals surface area contributed by atoms with E-state index in [9.17, 15) is 9.90 Å². The van der Waals surface area contributed by atoms with Crippen molar-refractivity contribution in [2.24, 2.45) is 5.92 Å². The summed E-state index contributed by atoms with van der Waals surface area (Å²) in [6.07, 6.45) is 5.62. The number of aliphatic hydroxyl groups is 1. The molecule has 0 aliphatic heterocycles. The summed E-state index contributed by atoms with van der Waals surface area (Å²) in [5.74, 6) is -0.495. The molecule has 0 spiro atoms. The summed E-state index contributed by atoms with van der Waals surface area (Å²) in [6.45, 7) is 8.05. The van der Waals surface area contributed by atoms with Crippen molar-refractivity contribution in [3.05, 3.63) is 59.2 Å². The number of carbonyl (C=O) groups is 1. The van der Waals surface area contributed by atoms with E-state index >= 15 is 0 Å². The second kappa shape index (κ2) is 10.0. The van der Waals surface area contributed by atoms with E-state index in [1.54, 1.807) is 12.1 Å². The molecule has 0 saturated carbocycles. The minimum atomic E-state index is -0.417. The molecule has 0 amide bonds. The Bertz CT molecular complexity index is 539. The van der Waals surface area contributed by atoms with Crippen molar-refractivity contribution in [1.82, 2.24) is 0 Å². The number of carbonyl (C=O) groups excluding carboxylic acids is 1. The van der Waals surface area contributed by atoms with Crippen LogP contribution in [0.2, 0.25) is 0 Å². The van der Waals surface area contributed by atoms with Gasteiger partial charge in [-0.3, -0.25) is 0 Å². The summed E-state index contributed by atoms with van der Waals surface area (Å²) >= 11 is 0. The SMILES string of the molecule is CC(C)=CCC/C(C)=C/[C@@H](OC(=O)c1ccccc1)[C@H](C)CO. The zero-order chi connectivity index (χ0) is 17.2. The van der Waals surface area contributed by atoms with Gasteiger partial charge in [-0.25, -0.2) is 4.79 Å². The highest BCUT2D eigenvalue weighted by atomic mass is 16.5. The van der Waals surface area contributed by atoms with E-state index in [0.717, 1.165) is 18.4 Å². The second-order valence-corrected chi connectivity index (χ2v) is 6.23. The van der Waals surface area contributed by atoms with Crippen molar-refractivity contribution in [3.63, 3.8) is 0 Å². The number of esters is 1. The lowest BCUT2D eigenvalue weighted by Crippen LogP contribution is -2.26. The normalized spacial score (nSPS) is 14.0. The maximum Gasteiger partial charge on any atom is 0.338 e. The first-order chi connectivity index (χ1) is 10.9. The molecule has 0 saturated heterocycles. The lowest BCUT2D eigenvalue weighted by molar-refractivity contribution is 0.0219. The Balaban J connectivity index is 2.76. The van der Waals surface area contributed by atoms with Gasteiger partial charge in [0.15, 0.2) is 0 Å². The molecule has 2 atom stereocenters. The van der Waals surface area contributed by atoms with E-state index in [-0.39, 0.29) is 18.5 Å². The molecule has 1 rings (SSSR count). The number of hydrogen-bond acceptors (Lipinski definition) is 3. The number of rotatable bonds is 8. The monoisotopic (exact) mass is 316 g/mol. The first kappa shape index (κ1) is 19.2. The smallest absolute Gasteiger partial charge is 0.338 e. The Hall–Kier alpha value is -1.87. The largest absolute Gasteiger partial charge is 0.454 e. The molecule has 0 aliphatic rings. The molecule has 0 bridgehead atoms. The molecular formula is C20H28O3. The predicted octanol–water partition coefficient (Wildman–Crippen LogP) is 4.53. The number of allylic oxidation sites excluding steroid dienone is 3. The highest BCUT2D eigenvalue weighted by Gasteiger charge is 2.20. The summed E-state index contributed by atoms with van der Waals surface area (Å²) in [5, 5.41) is 9.42. The standard InChI is InChI=1S/C20H28O3/c1-15(2)9-8-10-16(3)13-19(17(4)14-21)23-20(22)18-11-6-5-7-12-18/h5-7,9,11-13,17,19,21H,8,10,14H2,1-4H3/b16-13+/t17-,19-/m1/s1. The Kier molecular flexibility index (Phi) is 8.35. The highest BCUT2D eigenvalue weighted by molar-refractivity contribution is 5.89. The van der Waals surface area contributed by atoms with Gasteiger partial charge in [-0.05, 0) is 51.8 Å². The van der Waals surface area contributed by atoms with E-state index in [2.05, 4.69) is 19.9 Å². The minimum Gasteiger partial charge on any atom is -0.454 e. The Morgan fingerprint density at radius 1 is 1.22 bits per heavy atom. The minimum absolute atomic E-state index is 0.0233. The number of hydrogen-bond donors (Lipinski definition) is 1. The van der Waals surface area contributed by atoms with E-state index < -0.39 is 6.10 Å². The van der Waals surface area contributed by atoms with Gasteiger partial charge in [0, 0.05) is 12.5 Å². The topological polar surface area (TPSA) is 46.5 Å². The molecule has 1 N–H and O–H groups in total. The van der Waals surface area contributed by atoms with Gasteiger partial charge in [-0.15, -0.1) is 0 Å². The van der Waals surface area contributed by atoms with Crippen LogP contribution in [-0.2, 0) is 4.74 Å². The van der Waals surface area contributed by atoms with Gasteiger partial charge in [0.25, 0.3) is 0 Å². The van der Waals surface area contributed by atoms with Gasteiger partial charge in [0.1, 0.15) is 6.10 Å². The van der Waals surface area contributed by atoms with Crippen molar-refractivity contribution in [3.8, 4) is 0 Å². The van der Waals surface area contributed by atoms with Crippen molar-refractivity contribution in [1.29, 1.82) is 0 Å². The fourth-order valence-corrected chi connectivity index (χ4v) is 2.14. The average Bonchev–Trinajstić information content (AvgIpc) is 2.53. The van der Waals surface area contributed by atoms with Crippen molar-refractivity contribution in [2.45, 2.75) is 46.6 Å². The van der Waals surface area contributed by atoms with Crippen molar-refractivity contribution >= 4 is 5.97 Å². The van der Waals surface area contributed by atoms with Crippen LogP contribution in [0.1, 0.15) is 50.9 Å². The molecule has 0 fully saturated rings. The second-order valence-electron chi connectivity index (χ2n) is 6.23. The first-order valence-electron chi connectivity index (χ1n) is 8.11. The molecule has 3 heteroatoms. The van der Waals surface area contributed by atoms with Crippen LogP contribution in [0.25, 0.3) is 0 Å². The molecule has 1 aromatic rings. The molecule has 0 aromatic heterocycles. The molecule has 0 aliphatic carbocycles. The molecule has 0 unspecified atom stereocenters. The van der Waals surface area contributed by atoms with Crippen LogP contribution in [0.15, 0.2) is 53.6 Å². The lowest BCUT2D eigenvalue weighted by atomic mass is 10.0. The van der Waals surface area contributed by atoms with Crippen LogP contribution in [0.5, 0.6) is 0 Å². The summed E-state index contributed by atoms with van der Waals surface area (Å²) in [6, 6.07) is 8.93. The van der Waals surface area contributed by atoms with E-state index in [1.807, 2.05) is 38.1 Å². The summed E-state index contributed by atoms with van der Waals surface area (Å²) in [5.41, 5.74) is 2.99. The number of ether oxygens (including phenoxy) is 1. The van der Waals surface area contributed by atoms with Gasteiger partial charge >= 0.3 is 5.97 Å². The van der Waals surface area contributed by atoms with E-state index in [4.69, 9.17) is 4.74 Å². The summed E-state index contributed by atoms with van der Waals surface area (Å²) in [7, 11) is 0. The lowest BCUT2D eigenvalue weighted by Gasteiger charge is -2.20.